The van der Waals surface area contributed by atoms with Gasteiger partial charge in [-0.2, -0.15) is 5.26 Å². The van der Waals surface area contributed by atoms with Crippen LogP contribution in [0.1, 0.15) is 11.3 Å². The third-order valence-corrected chi connectivity index (χ3v) is 3.50. The van der Waals surface area contributed by atoms with E-state index >= 15 is 0 Å². The van der Waals surface area contributed by atoms with Gasteiger partial charge in [0.2, 0.25) is 0 Å². The fourth-order valence-corrected chi connectivity index (χ4v) is 2.41. The highest BCUT2D eigenvalue weighted by Gasteiger charge is 2.08. The molecule has 2 heteroatoms. The largest absolute Gasteiger partial charge is 0.321 e. The Morgan fingerprint density at radius 3 is 2.25 bits per heavy atom. The molecule has 0 spiro atoms. The van der Waals surface area contributed by atoms with Crippen LogP contribution in [0.25, 0.3) is 16.8 Å². The highest BCUT2D eigenvalue weighted by atomic mass is 15.0. The predicted molar refractivity (Wildman–Crippen MR) is 80.7 cm³/mol. The molecule has 3 aromatic rings. The van der Waals surface area contributed by atoms with Gasteiger partial charge in [0.05, 0.1) is 11.6 Å². The third-order valence-electron chi connectivity index (χ3n) is 3.50. The molecule has 0 amide bonds. The standard InChI is InChI=1S/C18H14N2/c1-14-18(16-9-7-15(13-19)8-10-16)11-12-20(14)17-5-3-2-4-6-17/h2-12H,1H3. The van der Waals surface area contributed by atoms with Crippen molar-refractivity contribution in [3.63, 3.8) is 0 Å². The maximum absolute atomic E-state index is 8.85. The van der Waals surface area contributed by atoms with Crippen LogP contribution in [0.2, 0.25) is 0 Å². The summed E-state index contributed by atoms with van der Waals surface area (Å²) in [6, 6.07) is 22.2. The molecule has 2 aromatic carbocycles. The van der Waals surface area contributed by atoms with E-state index in [0.29, 0.717) is 5.56 Å². The van der Waals surface area contributed by atoms with Crippen LogP contribution in [-0.4, -0.2) is 4.57 Å². The third kappa shape index (κ3) is 2.10. The second-order valence-corrected chi connectivity index (χ2v) is 4.71. The van der Waals surface area contributed by atoms with Crippen molar-refractivity contribution in [2.24, 2.45) is 0 Å². The summed E-state index contributed by atoms with van der Waals surface area (Å²) in [5.41, 5.74) is 5.37. The van der Waals surface area contributed by atoms with E-state index in [1.165, 1.54) is 11.3 Å². The van der Waals surface area contributed by atoms with Gasteiger partial charge in [-0.3, -0.25) is 0 Å². The van der Waals surface area contributed by atoms with E-state index in [-0.39, 0.29) is 0 Å². The number of rotatable bonds is 2. The topological polar surface area (TPSA) is 28.7 Å². The van der Waals surface area contributed by atoms with Gasteiger partial charge in [0, 0.05) is 23.1 Å². The zero-order valence-corrected chi connectivity index (χ0v) is 11.2. The molecule has 0 atom stereocenters. The number of benzene rings is 2. The molecule has 0 fully saturated rings. The normalized spacial score (nSPS) is 10.2. The number of hydrogen-bond acceptors (Lipinski definition) is 1. The average Bonchev–Trinajstić information content (AvgIpc) is 2.90. The Kier molecular flexibility index (Phi) is 3.10. The first kappa shape index (κ1) is 12.3. The SMILES string of the molecule is Cc1c(-c2ccc(C#N)cc2)ccn1-c1ccccc1. The fourth-order valence-electron chi connectivity index (χ4n) is 2.41. The van der Waals surface area contributed by atoms with Crippen LogP contribution in [0, 0.1) is 18.3 Å². The first-order chi connectivity index (χ1) is 9.79. The lowest BCUT2D eigenvalue weighted by Gasteiger charge is -2.07. The number of aromatic nitrogens is 1. The van der Waals surface area contributed by atoms with E-state index < -0.39 is 0 Å². The minimum atomic E-state index is 0.689. The first-order valence-electron chi connectivity index (χ1n) is 6.53. The molecule has 1 aromatic heterocycles. The summed E-state index contributed by atoms with van der Waals surface area (Å²) in [6.45, 7) is 2.11. The number of para-hydroxylation sites is 1. The lowest BCUT2D eigenvalue weighted by Crippen LogP contribution is -1.94. The molecule has 0 aliphatic carbocycles. The Labute approximate surface area is 118 Å². The van der Waals surface area contributed by atoms with Crippen LogP contribution in [0.3, 0.4) is 0 Å². The van der Waals surface area contributed by atoms with Gasteiger partial charge >= 0.3 is 0 Å². The van der Waals surface area contributed by atoms with E-state index in [1.807, 2.05) is 42.5 Å². The molecule has 2 nitrogen and oxygen atoms in total. The van der Waals surface area contributed by atoms with Gasteiger partial charge in [-0.25, -0.2) is 0 Å². The van der Waals surface area contributed by atoms with Crippen LogP contribution < -0.4 is 0 Å². The van der Waals surface area contributed by atoms with Crippen molar-refractivity contribution in [1.29, 1.82) is 5.26 Å². The van der Waals surface area contributed by atoms with Gasteiger partial charge in [0.25, 0.3) is 0 Å². The summed E-state index contributed by atoms with van der Waals surface area (Å²) < 4.78 is 2.17. The molecule has 0 aliphatic heterocycles. The summed E-state index contributed by atoms with van der Waals surface area (Å²) in [4.78, 5) is 0. The maximum atomic E-state index is 8.85. The highest BCUT2D eigenvalue weighted by molar-refractivity contribution is 5.68. The first-order valence-corrected chi connectivity index (χ1v) is 6.53. The Morgan fingerprint density at radius 1 is 0.900 bits per heavy atom. The fraction of sp³-hybridized carbons (Fsp3) is 0.0556. The second kappa shape index (κ2) is 5.07. The van der Waals surface area contributed by atoms with E-state index in [2.05, 4.69) is 42.0 Å². The van der Waals surface area contributed by atoms with Crippen molar-refractivity contribution < 1.29 is 0 Å². The molecule has 20 heavy (non-hydrogen) atoms. The van der Waals surface area contributed by atoms with Gasteiger partial charge < -0.3 is 4.57 Å². The number of hydrogen-bond donors (Lipinski definition) is 0. The quantitative estimate of drug-likeness (QED) is 0.672. The lowest BCUT2D eigenvalue weighted by molar-refractivity contribution is 1.02. The molecule has 0 bridgehead atoms. The summed E-state index contributed by atoms with van der Waals surface area (Å²) in [5, 5.41) is 8.85. The van der Waals surface area contributed by atoms with Crippen LogP contribution in [0.4, 0.5) is 0 Å². The van der Waals surface area contributed by atoms with E-state index in [1.54, 1.807) is 0 Å². The predicted octanol–water partition coefficient (Wildman–Crippen LogP) is 4.32. The van der Waals surface area contributed by atoms with Crippen molar-refractivity contribution in [2.45, 2.75) is 6.92 Å². The molecule has 0 aliphatic rings. The summed E-state index contributed by atoms with van der Waals surface area (Å²) in [5.74, 6) is 0. The summed E-state index contributed by atoms with van der Waals surface area (Å²) in [6.07, 6.45) is 2.08. The van der Waals surface area contributed by atoms with Gasteiger partial charge in [0.15, 0.2) is 0 Å². The van der Waals surface area contributed by atoms with Crippen LogP contribution in [0.15, 0.2) is 66.9 Å². The Hall–Kier alpha value is -2.79. The van der Waals surface area contributed by atoms with Crippen LogP contribution in [0.5, 0.6) is 0 Å². The van der Waals surface area contributed by atoms with Crippen LogP contribution >= 0.6 is 0 Å². The van der Waals surface area contributed by atoms with Crippen molar-refractivity contribution in [2.75, 3.05) is 0 Å². The maximum Gasteiger partial charge on any atom is 0.0991 e. The van der Waals surface area contributed by atoms with E-state index in [0.717, 1.165) is 11.3 Å². The van der Waals surface area contributed by atoms with Crippen molar-refractivity contribution >= 4 is 0 Å². The van der Waals surface area contributed by atoms with Gasteiger partial charge in [-0.15, -0.1) is 0 Å². The van der Waals surface area contributed by atoms with Crippen LogP contribution in [-0.2, 0) is 0 Å². The van der Waals surface area contributed by atoms with Crippen molar-refractivity contribution in [1.82, 2.24) is 4.57 Å². The lowest BCUT2D eigenvalue weighted by atomic mass is 10.0. The Balaban J connectivity index is 2.04. The van der Waals surface area contributed by atoms with Gasteiger partial charge in [-0.05, 0) is 42.8 Å². The molecule has 0 unspecified atom stereocenters. The second-order valence-electron chi connectivity index (χ2n) is 4.71. The summed E-state index contributed by atoms with van der Waals surface area (Å²) >= 11 is 0. The van der Waals surface area contributed by atoms with Gasteiger partial charge in [0.1, 0.15) is 0 Å². The Bertz CT molecular complexity index is 759. The Morgan fingerprint density at radius 2 is 1.60 bits per heavy atom. The average molecular weight is 258 g/mol. The minimum absolute atomic E-state index is 0.689. The van der Waals surface area contributed by atoms with E-state index in [9.17, 15) is 0 Å². The zero-order chi connectivity index (χ0) is 13.9. The number of nitriles is 1. The molecule has 0 saturated carbocycles. The molecular weight excluding hydrogens is 244 g/mol. The zero-order valence-electron chi connectivity index (χ0n) is 11.2. The molecule has 1 heterocycles. The summed E-state index contributed by atoms with van der Waals surface area (Å²) in [7, 11) is 0. The molecule has 0 N–H and O–H groups in total. The molecule has 0 radical (unpaired) electrons. The highest BCUT2D eigenvalue weighted by Crippen LogP contribution is 2.26. The minimum Gasteiger partial charge on any atom is -0.321 e. The molecule has 3 rings (SSSR count). The van der Waals surface area contributed by atoms with E-state index in [4.69, 9.17) is 5.26 Å². The monoisotopic (exact) mass is 258 g/mol. The smallest absolute Gasteiger partial charge is 0.0991 e. The number of nitrogens with zero attached hydrogens (tertiary/aromatic N) is 2. The molecular formula is C18H14N2. The molecule has 0 saturated heterocycles. The molecule has 96 valence electrons. The van der Waals surface area contributed by atoms with Gasteiger partial charge in [-0.1, -0.05) is 30.3 Å². The van der Waals surface area contributed by atoms with Crippen molar-refractivity contribution in [3.05, 3.63) is 78.1 Å². The van der Waals surface area contributed by atoms with Crippen molar-refractivity contribution in [3.8, 4) is 22.9 Å².